The quantitative estimate of drug-likeness (QED) is 0.581. The number of fused-ring (bicyclic) bond motifs is 2. The van der Waals surface area contributed by atoms with E-state index < -0.39 is 10.0 Å². The Hall–Kier alpha value is -2.71. The van der Waals surface area contributed by atoms with Crippen LogP contribution in [0.1, 0.15) is 56.7 Å². The minimum Gasteiger partial charge on any atom is -0.326 e. The fourth-order valence-electron chi connectivity index (χ4n) is 5.15. The summed E-state index contributed by atoms with van der Waals surface area (Å²) in [6.45, 7) is 4.86. The van der Waals surface area contributed by atoms with Gasteiger partial charge in [-0.05, 0) is 93.8 Å². The van der Waals surface area contributed by atoms with Crippen molar-refractivity contribution in [2.75, 3.05) is 18.4 Å². The van der Waals surface area contributed by atoms with Crippen molar-refractivity contribution in [2.45, 2.75) is 63.3 Å². The molecule has 180 valence electrons. The molecule has 5 rings (SSSR count). The number of nitrogens with zero attached hydrogens (tertiary/aromatic N) is 3. The highest BCUT2D eigenvalue weighted by atomic mass is 32.2. The molecule has 0 atom stereocenters. The maximum absolute atomic E-state index is 13.2. The number of aryl methyl sites for hydroxylation is 2. The molecule has 0 radical (unpaired) electrons. The molecule has 1 saturated heterocycles. The summed E-state index contributed by atoms with van der Waals surface area (Å²) in [4.78, 5) is 13.3. The molecule has 1 aliphatic carbocycles. The van der Waals surface area contributed by atoms with Crippen molar-refractivity contribution in [3.63, 3.8) is 0 Å². The topological polar surface area (TPSA) is 84.3 Å². The van der Waals surface area contributed by atoms with Crippen LogP contribution >= 0.6 is 0 Å². The van der Waals surface area contributed by atoms with Gasteiger partial charge < -0.3 is 5.32 Å². The van der Waals surface area contributed by atoms with Crippen LogP contribution in [-0.2, 0) is 27.7 Å². The molecule has 8 heteroatoms. The molecule has 3 aromatic rings. The first-order valence-electron chi connectivity index (χ1n) is 12.2. The lowest BCUT2D eigenvalue weighted by atomic mass is 9.92. The van der Waals surface area contributed by atoms with E-state index in [9.17, 15) is 13.2 Å². The minimum absolute atomic E-state index is 0.0548. The van der Waals surface area contributed by atoms with Crippen LogP contribution in [0.15, 0.2) is 47.5 Å². The predicted molar refractivity (Wildman–Crippen MR) is 133 cm³/mol. The molecule has 0 unspecified atom stereocenters. The summed E-state index contributed by atoms with van der Waals surface area (Å²) in [6.07, 6.45) is 7.13. The Morgan fingerprint density at radius 1 is 1.03 bits per heavy atom. The van der Waals surface area contributed by atoms with E-state index in [-0.39, 0.29) is 17.9 Å². The molecule has 1 fully saturated rings. The zero-order valence-corrected chi connectivity index (χ0v) is 20.6. The van der Waals surface area contributed by atoms with Gasteiger partial charge in [0.25, 0.3) is 0 Å². The van der Waals surface area contributed by atoms with Gasteiger partial charge in [0.15, 0.2) is 0 Å². The molecule has 7 nitrogen and oxygen atoms in total. The first-order chi connectivity index (χ1) is 16.3. The maximum Gasteiger partial charge on any atom is 0.243 e. The van der Waals surface area contributed by atoms with E-state index >= 15 is 0 Å². The van der Waals surface area contributed by atoms with Crippen molar-refractivity contribution in [1.29, 1.82) is 0 Å². The molecule has 1 aromatic heterocycles. The Bertz CT molecular complexity index is 1320. The predicted octanol–water partition coefficient (Wildman–Crippen LogP) is 4.54. The van der Waals surface area contributed by atoms with Gasteiger partial charge in [-0.3, -0.25) is 9.48 Å². The van der Waals surface area contributed by atoms with Crippen LogP contribution < -0.4 is 5.32 Å². The van der Waals surface area contributed by atoms with E-state index in [1.807, 2.05) is 41.2 Å². The van der Waals surface area contributed by atoms with Gasteiger partial charge in [-0.2, -0.15) is 9.40 Å². The molecule has 1 N–H and O–H groups in total. The number of carbonyl (C=O) groups is 1. The lowest BCUT2D eigenvalue weighted by Gasteiger charge is -2.31. The Morgan fingerprint density at radius 3 is 2.50 bits per heavy atom. The van der Waals surface area contributed by atoms with E-state index in [0.29, 0.717) is 30.8 Å². The average Bonchev–Trinajstić information content (AvgIpc) is 3.27. The molecule has 2 heterocycles. The number of hydrogen-bond donors (Lipinski definition) is 1. The fraction of sp³-hybridized carbons (Fsp3) is 0.462. The van der Waals surface area contributed by atoms with Gasteiger partial charge in [0.1, 0.15) is 0 Å². The highest BCUT2D eigenvalue weighted by molar-refractivity contribution is 7.89. The van der Waals surface area contributed by atoms with E-state index in [1.165, 1.54) is 16.3 Å². The van der Waals surface area contributed by atoms with E-state index in [0.717, 1.165) is 41.4 Å². The highest BCUT2D eigenvalue weighted by Gasteiger charge is 2.32. The van der Waals surface area contributed by atoms with Crippen molar-refractivity contribution >= 4 is 32.5 Å². The molecular formula is C26H32N4O3S. The van der Waals surface area contributed by atoms with Crippen molar-refractivity contribution in [1.82, 2.24) is 14.1 Å². The zero-order chi connectivity index (χ0) is 23.9. The van der Waals surface area contributed by atoms with Gasteiger partial charge in [0, 0.05) is 36.1 Å². The Morgan fingerprint density at radius 2 is 1.76 bits per heavy atom. The smallest absolute Gasteiger partial charge is 0.243 e. The number of anilines is 1. The number of benzene rings is 2. The van der Waals surface area contributed by atoms with E-state index in [2.05, 4.69) is 24.3 Å². The number of nitrogens with one attached hydrogen (secondary N) is 1. The van der Waals surface area contributed by atoms with Gasteiger partial charge in [0.05, 0.1) is 16.6 Å². The zero-order valence-electron chi connectivity index (χ0n) is 19.8. The minimum atomic E-state index is -3.54. The Labute approximate surface area is 201 Å². The first-order valence-corrected chi connectivity index (χ1v) is 13.7. The lowest BCUT2D eigenvalue weighted by molar-refractivity contribution is -0.120. The normalized spacial score (nSPS) is 17.7. The summed E-state index contributed by atoms with van der Waals surface area (Å²) in [7, 11) is -3.54. The second-order valence-electron chi connectivity index (χ2n) is 9.76. The van der Waals surface area contributed by atoms with Gasteiger partial charge in [-0.15, -0.1) is 0 Å². The Balaban J connectivity index is 1.24. The Kier molecular flexibility index (Phi) is 6.20. The molecule has 2 aromatic carbocycles. The molecule has 0 spiro atoms. The van der Waals surface area contributed by atoms with Crippen LogP contribution in [0.2, 0.25) is 0 Å². The van der Waals surface area contributed by atoms with Crippen LogP contribution in [-0.4, -0.2) is 41.5 Å². The number of carbonyl (C=O) groups excluding carboxylic acids is 1. The molecule has 0 saturated carbocycles. The standard InChI is InChI=1S/C26H32N4O3S/c1-18(2)30-25-16-23(9-7-22(25)17-27-30)28-26(31)20-11-13-29(14-12-20)34(32,33)24-10-8-19-5-3-4-6-21(19)15-24/h7-10,15-18,20H,3-6,11-14H2,1-2H3,(H,28,31). The molecular weight excluding hydrogens is 448 g/mol. The second kappa shape index (κ2) is 9.15. The van der Waals surface area contributed by atoms with Gasteiger partial charge in [-0.25, -0.2) is 8.42 Å². The van der Waals surface area contributed by atoms with Crippen molar-refractivity contribution in [2.24, 2.45) is 5.92 Å². The third kappa shape index (κ3) is 4.36. The summed E-state index contributed by atoms with van der Waals surface area (Å²) in [5, 5.41) is 8.49. The summed E-state index contributed by atoms with van der Waals surface area (Å²) in [5.41, 5.74) is 4.16. The van der Waals surface area contributed by atoms with Crippen molar-refractivity contribution in [3.8, 4) is 0 Å². The number of piperidine rings is 1. The van der Waals surface area contributed by atoms with Crippen molar-refractivity contribution in [3.05, 3.63) is 53.7 Å². The monoisotopic (exact) mass is 480 g/mol. The molecule has 1 aliphatic heterocycles. The largest absolute Gasteiger partial charge is 0.326 e. The number of amides is 1. The summed E-state index contributed by atoms with van der Waals surface area (Å²) < 4.78 is 30.0. The van der Waals surface area contributed by atoms with Crippen LogP contribution in [0.4, 0.5) is 5.69 Å². The molecule has 1 amide bonds. The average molecular weight is 481 g/mol. The molecule has 0 bridgehead atoms. The third-order valence-electron chi connectivity index (χ3n) is 7.14. The molecule has 34 heavy (non-hydrogen) atoms. The van der Waals surface area contributed by atoms with Gasteiger partial charge in [0.2, 0.25) is 15.9 Å². The summed E-state index contributed by atoms with van der Waals surface area (Å²) >= 11 is 0. The van der Waals surface area contributed by atoms with E-state index in [4.69, 9.17) is 0 Å². The number of aromatic nitrogens is 2. The summed E-state index contributed by atoms with van der Waals surface area (Å²) in [6, 6.07) is 11.6. The molecule has 2 aliphatic rings. The van der Waals surface area contributed by atoms with Crippen LogP contribution in [0.3, 0.4) is 0 Å². The van der Waals surface area contributed by atoms with Crippen molar-refractivity contribution < 1.29 is 13.2 Å². The highest BCUT2D eigenvalue weighted by Crippen LogP contribution is 2.29. The number of sulfonamides is 1. The first kappa shape index (κ1) is 23.1. The van der Waals surface area contributed by atoms with E-state index in [1.54, 1.807) is 6.07 Å². The number of hydrogen-bond acceptors (Lipinski definition) is 4. The summed E-state index contributed by atoms with van der Waals surface area (Å²) in [5.74, 6) is -0.263. The SMILES string of the molecule is CC(C)n1ncc2ccc(NC(=O)C3CCN(S(=O)(=O)c4ccc5c(c4)CCCC5)CC3)cc21. The van der Waals surface area contributed by atoms with Gasteiger partial charge >= 0.3 is 0 Å². The van der Waals surface area contributed by atoms with Crippen LogP contribution in [0, 0.1) is 5.92 Å². The lowest BCUT2D eigenvalue weighted by Crippen LogP contribution is -2.41. The fourth-order valence-corrected chi connectivity index (χ4v) is 6.67. The third-order valence-corrected chi connectivity index (χ3v) is 9.03. The second-order valence-corrected chi connectivity index (χ2v) is 11.7. The van der Waals surface area contributed by atoms with Gasteiger partial charge in [-0.1, -0.05) is 6.07 Å². The van der Waals surface area contributed by atoms with Crippen LogP contribution in [0.25, 0.3) is 10.9 Å². The van der Waals surface area contributed by atoms with Crippen LogP contribution in [0.5, 0.6) is 0 Å². The number of rotatable bonds is 5. The maximum atomic E-state index is 13.2.